The third-order valence-electron chi connectivity index (χ3n) is 2.72. The van der Waals surface area contributed by atoms with Crippen LogP contribution < -0.4 is 4.74 Å². The molecule has 0 aliphatic heterocycles. The topological polar surface area (TPSA) is 9.23 Å². The number of halogens is 4. The summed E-state index contributed by atoms with van der Waals surface area (Å²) >= 11 is 15.6. The maximum absolute atomic E-state index is 14.0. The zero-order chi connectivity index (χ0) is 14.0. The lowest BCUT2D eigenvalue weighted by molar-refractivity contribution is 0.410. The lowest BCUT2D eigenvalue weighted by Crippen LogP contribution is -1.99. The molecule has 2 rings (SSSR count). The average molecular weight is 364 g/mol. The van der Waals surface area contributed by atoms with Crippen LogP contribution >= 0.6 is 39.1 Å². The van der Waals surface area contributed by atoms with Crippen molar-refractivity contribution in [2.75, 3.05) is 7.11 Å². The Labute approximate surface area is 129 Å². The minimum Gasteiger partial charge on any atom is -0.497 e. The molecule has 0 fully saturated rings. The molecule has 1 atom stereocenters. The van der Waals surface area contributed by atoms with E-state index in [4.69, 9.17) is 27.9 Å². The normalized spacial score (nSPS) is 12.3. The van der Waals surface area contributed by atoms with E-state index < -0.39 is 11.2 Å². The van der Waals surface area contributed by atoms with E-state index in [1.807, 2.05) is 0 Å². The first kappa shape index (κ1) is 14.6. The van der Waals surface area contributed by atoms with Gasteiger partial charge in [0.15, 0.2) is 0 Å². The van der Waals surface area contributed by atoms with Crippen LogP contribution in [0.15, 0.2) is 40.9 Å². The van der Waals surface area contributed by atoms with Gasteiger partial charge in [0.1, 0.15) is 11.6 Å². The van der Waals surface area contributed by atoms with Gasteiger partial charge in [-0.15, -0.1) is 11.6 Å². The molecule has 1 nitrogen and oxygen atoms in total. The van der Waals surface area contributed by atoms with Crippen LogP contribution in [0.4, 0.5) is 4.39 Å². The maximum Gasteiger partial charge on any atom is 0.131 e. The zero-order valence-electron chi connectivity index (χ0n) is 9.96. The molecule has 0 bridgehead atoms. The van der Waals surface area contributed by atoms with Gasteiger partial charge in [-0.3, -0.25) is 0 Å². The number of methoxy groups -OCH3 is 1. The highest BCUT2D eigenvalue weighted by atomic mass is 79.9. The number of hydrogen-bond acceptors (Lipinski definition) is 1. The van der Waals surface area contributed by atoms with Crippen LogP contribution in [-0.2, 0) is 0 Å². The van der Waals surface area contributed by atoms with Crippen molar-refractivity contribution < 1.29 is 9.13 Å². The van der Waals surface area contributed by atoms with E-state index >= 15 is 0 Å². The first-order valence-corrected chi connectivity index (χ1v) is 7.06. The van der Waals surface area contributed by atoms with Crippen molar-refractivity contribution in [1.82, 2.24) is 0 Å². The molecule has 0 amide bonds. The molecule has 0 heterocycles. The Hall–Kier alpha value is -0.770. The van der Waals surface area contributed by atoms with Crippen LogP contribution in [0.2, 0.25) is 5.02 Å². The van der Waals surface area contributed by atoms with Crippen molar-refractivity contribution in [2.45, 2.75) is 5.38 Å². The summed E-state index contributed by atoms with van der Waals surface area (Å²) in [6.07, 6.45) is 0. The van der Waals surface area contributed by atoms with Gasteiger partial charge in [0, 0.05) is 21.1 Å². The fourth-order valence-electron chi connectivity index (χ4n) is 1.71. The van der Waals surface area contributed by atoms with Gasteiger partial charge in [-0.05, 0) is 23.8 Å². The fraction of sp³-hybridized carbons (Fsp3) is 0.143. The lowest BCUT2D eigenvalue weighted by atomic mass is 10.0. The zero-order valence-corrected chi connectivity index (χ0v) is 13.1. The Morgan fingerprint density at radius 3 is 2.42 bits per heavy atom. The van der Waals surface area contributed by atoms with E-state index in [1.165, 1.54) is 13.2 Å². The molecular weight excluding hydrogens is 354 g/mol. The fourth-order valence-corrected chi connectivity index (χ4v) is 3.13. The molecule has 0 N–H and O–H groups in total. The van der Waals surface area contributed by atoms with Gasteiger partial charge in [0.25, 0.3) is 0 Å². The Bertz CT molecular complexity index is 604. The third kappa shape index (κ3) is 3.22. The first-order chi connectivity index (χ1) is 9.02. The number of ether oxygens (including phenoxy) is 1. The van der Waals surface area contributed by atoms with Crippen LogP contribution in [0.5, 0.6) is 5.75 Å². The quantitative estimate of drug-likeness (QED) is 0.647. The minimum atomic E-state index is -0.599. The summed E-state index contributed by atoms with van der Waals surface area (Å²) in [5, 5.41) is -0.00718. The van der Waals surface area contributed by atoms with Gasteiger partial charge in [0.05, 0.1) is 12.5 Å². The molecule has 1 unspecified atom stereocenters. The molecule has 0 saturated carbocycles. The highest BCUT2D eigenvalue weighted by Gasteiger charge is 2.18. The van der Waals surface area contributed by atoms with Crippen molar-refractivity contribution in [3.8, 4) is 5.75 Å². The minimum absolute atomic E-state index is 0.394. The van der Waals surface area contributed by atoms with E-state index in [0.29, 0.717) is 16.3 Å². The van der Waals surface area contributed by atoms with E-state index in [2.05, 4.69) is 15.9 Å². The summed E-state index contributed by atoms with van der Waals surface area (Å²) in [5.41, 5.74) is 1.15. The average Bonchev–Trinajstić information content (AvgIpc) is 2.37. The standard InChI is InChI=1S/C14H10BrCl2FO/c1-19-9-3-5-11(13(18)7-9)14(17)10-4-2-8(16)6-12(10)15/h2-7,14H,1H3. The van der Waals surface area contributed by atoms with E-state index in [-0.39, 0.29) is 0 Å². The predicted molar refractivity (Wildman–Crippen MR) is 79.8 cm³/mol. The highest BCUT2D eigenvalue weighted by molar-refractivity contribution is 9.10. The molecule has 0 radical (unpaired) electrons. The van der Waals surface area contributed by atoms with E-state index in [0.717, 1.165) is 10.0 Å². The molecule has 0 aliphatic rings. The molecule has 100 valence electrons. The van der Waals surface area contributed by atoms with E-state index in [1.54, 1.807) is 30.3 Å². The summed E-state index contributed by atoms with van der Waals surface area (Å²) in [5.74, 6) is 0.0569. The van der Waals surface area contributed by atoms with Crippen molar-refractivity contribution in [3.63, 3.8) is 0 Å². The number of rotatable bonds is 3. The summed E-state index contributed by atoms with van der Waals surface area (Å²) in [4.78, 5) is 0. The van der Waals surface area contributed by atoms with Crippen LogP contribution in [0.25, 0.3) is 0 Å². The third-order valence-corrected chi connectivity index (χ3v) is 4.11. The molecule has 19 heavy (non-hydrogen) atoms. The van der Waals surface area contributed by atoms with E-state index in [9.17, 15) is 4.39 Å². The van der Waals surface area contributed by atoms with Crippen molar-refractivity contribution >= 4 is 39.1 Å². The molecule has 0 saturated heterocycles. The second-order valence-electron chi connectivity index (χ2n) is 3.92. The summed E-state index contributed by atoms with van der Waals surface area (Å²) in [6.45, 7) is 0. The SMILES string of the molecule is COc1ccc(C(Cl)c2ccc(Cl)cc2Br)c(F)c1. The molecule has 2 aromatic rings. The van der Waals surface area contributed by atoms with Crippen molar-refractivity contribution in [3.05, 3.63) is 62.8 Å². The van der Waals surface area contributed by atoms with Gasteiger partial charge in [-0.25, -0.2) is 4.39 Å². The van der Waals surface area contributed by atoms with Crippen LogP contribution in [-0.4, -0.2) is 7.11 Å². The largest absolute Gasteiger partial charge is 0.497 e. The van der Waals surface area contributed by atoms with Crippen LogP contribution in [0.1, 0.15) is 16.5 Å². The monoisotopic (exact) mass is 362 g/mol. The Balaban J connectivity index is 2.41. The molecule has 0 aliphatic carbocycles. The summed E-state index contributed by atoms with van der Waals surface area (Å²) in [7, 11) is 1.49. The molecule has 2 aromatic carbocycles. The maximum atomic E-state index is 14.0. The Morgan fingerprint density at radius 2 is 1.84 bits per heavy atom. The summed E-state index contributed by atoms with van der Waals surface area (Å²) in [6, 6.07) is 9.83. The molecular formula is C14H10BrCl2FO. The van der Waals surface area contributed by atoms with Crippen molar-refractivity contribution in [2.24, 2.45) is 0 Å². The van der Waals surface area contributed by atoms with Crippen LogP contribution in [0, 0.1) is 5.82 Å². The summed E-state index contributed by atoms with van der Waals surface area (Å²) < 4.78 is 19.7. The second kappa shape index (κ2) is 6.12. The second-order valence-corrected chi connectivity index (χ2v) is 5.64. The number of alkyl halides is 1. The number of benzene rings is 2. The van der Waals surface area contributed by atoms with Gasteiger partial charge in [0.2, 0.25) is 0 Å². The highest BCUT2D eigenvalue weighted by Crippen LogP contribution is 2.36. The van der Waals surface area contributed by atoms with Gasteiger partial charge in [-0.1, -0.05) is 39.7 Å². The number of hydrogen-bond donors (Lipinski definition) is 0. The predicted octanol–water partition coefficient (Wildman–Crippen LogP) is 5.58. The molecule has 0 spiro atoms. The Kier molecular flexibility index (Phi) is 4.71. The molecule has 0 aromatic heterocycles. The van der Waals surface area contributed by atoms with Gasteiger partial charge >= 0.3 is 0 Å². The Morgan fingerprint density at radius 1 is 1.16 bits per heavy atom. The molecule has 5 heteroatoms. The van der Waals surface area contributed by atoms with Crippen molar-refractivity contribution in [1.29, 1.82) is 0 Å². The smallest absolute Gasteiger partial charge is 0.131 e. The lowest BCUT2D eigenvalue weighted by Gasteiger charge is -2.14. The van der Waals surface area contributed by atoms with Gasteiger partial charge in [-0.2, -0.15) is 0 Å². The van der Waals surface area contributed by atoms with Crippen LogP contribution in [0.3, 0.4) is 0 Å². The first-order valence-electron chi connectivity index (χ1n) is 5.45. The van der Waals surface area contributed by atoms with Gasteiger partial charge < -0.3 is 4.74 Å².